The summed E-state index contributed by atoms with van der Waals surface area (Å²) in [5.41, 5.74) is 1.12. The number of benzene rings is 1. The van der Waals surface area contributed by atoms with Gasteiger partial charge in [0.25, 0.3) is 0 Å². The molecule has 3 nitrogen and oxygen atoms in total. The molecule has 0 aromatic heterocycles. The first-order valence-corrected chi connectivity index (χ1v) is 7.93. The average Bonchev–Trinajstić information content (AvgIpc) is 2.87. The Balaban J connectivity index is 1.80. The van der Waals surface area contributed by atoms with E-state index in [1.54, 1.807) is 0 Å². The van der Waals surface area contributed by atoms with E-state index in [0.29, 0.717) is 19.3 Å². The maximum absolute atomic E-state index is 5.65. The van der Waals surface area contributed by atoms with Gasteiger partial charge in [-0.2, -0.15) is 0 Å². The lowest BCUT2D eigenvalue weighted by atomic mass is 10.0. The molecule has 1 aromatic carbocycles. The highest BCUT2D eigenvalue weighted by Crippen LogP contribution is 2.40. The predicted octanol–water partition coefficient (Wildman–Crippen LogP) is 4.21. The van der Waals surface area contributed by atoms with Crippen LogP contribution in [0, 0.1) is 5.92 Å². The van der Waals surface area contributed by atoms with Crippen molar-refractivity contribution in [3.8, 4) is 11.5 Å². The topological polar surface area (TPSA) is 30.5 Å². The van der Waals surface area contributed by atoms with Crippen LogP contribution < -0.4 is 14.8 Å². The van der Waals surface area contributed by atoms with Crippen LogP contribution in [-0.4, -0.2) is 19.3 Å². The molecule has 3 rings (SSSR count). The lowest BCUT2D eigenvalue weighted by Crippen LogP contribution is -2.24. The SMILES string of the molecule is CCC1CCCC1Nc1cc2c(cc1Br)OCCO2. The van der Waals surface area contributed by atoms with E-state index in [9.17, 15) is 0 Å². The fourth-order valence-corrected chi connectivity index (χ4v) is 3.53. The van der Waals surface area contributed by atoms with Gasteiger partial charge in [0, 0.05) is 22.6 Å². The zero-order chi connectivity index (χ0) is 13.2. The predicted molar refractivity (Wildman–Crippen MR) is 80.2 cm³/mol. The molecule has 1 aromatic rings. The zero-order valence-corrected chi connectivity index (χ0v) is 12.8. The molecule has 2 unspecified atom stereocenters. The second-order valence-corrected chi connectivity index (χ2v) is 6.18. The summed E-state index contributed by atoms with van der Waals surface area (Å²) in [4.78, 5) is 0. The van der Waals surface area contributed by atoms with Crippen LogP contribution in [0.4, 0.5) is 5.69 Å². The van der Waals surface area contributed by atoms with E-state index >= 15 is 0 Å². The van der Waals surface area contributed by atoms with Crippen LogP contribution in [0.3, 0.4) is 0 Å². The van der Waals surface area contributed by atoms with Crippen molar-refractivity contribution in [3.63, 3.8) is 0 Å². The first-order chi connectivity index (χ1) is 9.28. The van der Waals surface area contributed by atoms with Crippen LogP contribution in [0.2, 0.25) is 0 Å². The summed E-state index contributed by atoms with van der Waals surface area (Å²) in [6.45, 7) is 3.55. The summed E-state index contributed by atoms with van der Waals surface area (Å²) in [5, 5.41) is 3.68. The Morgan fingerprint density at radius 3 is 2.68 bits per heavy atom. The Labute approximate surface area is 122 Å². The summed E-state index contributed by atoms with van der Waals surface area (Å²) in [6, 6.07) is 4.65. The van der Waals surface area contributed by atoms with Crippen molar-refractivity contribution in [3.05, 3.63) is 16.6 Å². The smallest absolute Gasteiger partial charge is 0.163 e. The van der Waals surface area contributed by atoms with Gasteiger partial charge in [0.05, 0.1) is 5.69 Å². The molecule has 1 saturated carbocycles. The minimum Gasteiger partial charge on any atom is -0.486 e. The lowest BCUT2D eigenvalue weighted by molar-refractivity contribution is 0.171. The molecule has 2 atom stereocenters. The fourth-order valence-electron chi connectivity index (χ4n) is 3.09. The van der Waals surface area contributed by atoms with Gasteiger partial charge >= 0.3 is 0 Å². The Hall–Kier alpha value is -0.900. The lowest BCUT2D eigenvalue weighted by Gasteiger charge is -2.24. The van der Waals surface area contributed by atoms with E-state index in [1.165, 1.54) is 25.7 Å². The number of ether oxygens (including phenoxy) is 2. The minimum atomic E-state index is 0.587. The number of nitrogens with one attached hydrogen (secondary N) is 1. The Bertz CT molecular complexity index is 464. The number of hydrogen-bond donors (Lipinski definition) is 1. The van der Waals surface area contributed by atoms with E-state index < -0.39 is 0 Å². The van der Waals surface area contributed by atoms with Crippen LogP contribution in [0.1, 0.15) is 32.6 Å². The molecule has 0 amide bonds. The molecule has 104 valence electrons. The van der Waals surface area contributed by atoms with Gasteiger partial charge < -0.3 is 14.8 Å². The van der Waals surface area contributed by atoms with Gasteiger partial charge in [-0.1, -0.05) is 19.8 Å². The summed E-state index contributed by atoms with van der Waals surface area (Å²) in [6.07, 6.45) is 5.19. The molecule has 1 aliphatic heterocycles. The molecule has 0 radical (unpaired) electrons. The second kappa shape index (κ2) is 5.61. The third kappa shape index (κ3) is 2.69. The van der Waals surface area contributed by atoms with Crippen molar-refractivity contribution in [1.29, 1.82) is 0 Å². The van der Waals surface area contributed by atoms with Gasteiger partial charge in [-0.3, -0.25) is 0 Å². The Morgan fingerprint density at radius 2 is 1.95 bits per heavy atom. The average molecular weight is 326 g/mol. The first kappa shape index (κ1) is 13.1. The molecule has 0 bridgehead atoms. The summed E-state index contributed by atoms with van der Waals surface area (Å²) < 4.78 is 12.3. The van der Waals surface area contributed by atoms with Gasteiger partial charge in [0.2, 0.25) is 0 Å². The van der Waals surface area contributed by atoms with Crippen LogP contribution in [0.25, 0.3) is 0 Å². The summed E-state index contributed by atoms with van der Waals surface area (Å²) >= 11 is 3.63. The maximum atomic E-state index is 5.65. The van der Waals surface area contributed by atoms with Crippen molar-refractivity contribution in [2.45, 2.75) is 38.6 Å². The van der Waals surface area contributed by atoms with Crippen molar-refractivity contribution >= 4 is 21.6 Å². The molecule has 2 aliphatic rings. The largest absolute Gasteiger partial charge is 0.486 e. The van der Waals surface area contributed by atoms with Gasteiger partial charge in [0.15, 0.2) is 11.5 Å². The van der Waals surface area contributed by atoms with Gasteiger partial charge in [-0.05, 0) is 34.7 Å². The molecule has 0 saturated heterocycles. The summed E-state index contributed by atoms with van der Waals surface area (Å²) in [5.74, 6) is 2.48. The zero-order valence-electron chi connectivity index (χ0n) is 11.2. The highest BCUT2D eigenvalue weighted by molar-refractivity contribution is 9.10. The monoisotopic (exact) mass is 325 g/mol. The van der Waals surface area contributed by atoms with E-state index in [1.807, 2.05) is 6.07 Å². The molecule has 1 N–H and O–H groups in total. The number of rotatable bonds is 3. The quantitative estimate of drug-likeness (QED) is 0.902. The van der Waals surface area contributed by atoms with Crippen LogP contribution in [-0.2, 0) is 0 Å². The molecule has 0 spiro atoms. The third-order valence-corrected chi connectivity index (χ3v) is 4.81. The highest BCUT2D eigenvalue weighted by atomic mass is 79.9. The Kier molecular flexibility index (Phi) is 3.87. The third-order valence-electron chi connectivity index (χ3n) is 4.16. The Morgan fingerprint density at radius 1 is 1.21 bits per heavy atom. The normalized spacial score (nSPS) is 25.4. The molecule has 4 heteroatoms. The van der Waals surface area contributed by atoms with E-state index in [4.69, 9.17) is 9.47 Å². The van der Waals surface area contributed by atoms with Gasteiger partial charge in [0.1, 0.15) is 13.2 Å². The van der Waals surface area contributed by atoms with Crippen LogP contribution in [0.15, 0.2) is 16.6 Å². The van der Waals surface area contributed by atoms with E-state index in [-0.39, 0.29) is 0 Å². The van der Waals surface area contributed by atoms with Crippen molar-refractivity contribution < 1.29 is 9.47 Å². The van der Waals surface area contributed by atoms with Crippen LogP contribution in [0.5, 0.6) is 11.5 Å². The summed E-state index contributed by atoms with van der Waals surface area (Å²) in [7, 11) is 0. The molecule has 19 heavy (non-hydrogen) atoms. The van der Waals surface area contributed by atoms with Crippen LogP contribution >= 0.6 is 15.9 Å². The number of halogens is 1. The van der Waals surface area contributed by atoms with Crippen molar-refractivity contribution in [2.75, 3.05) is 18.5 Å². The van der Waals surface area contributed by atoms with E-state index in [0.717, 1.165) is 27.6 Å². The van der Waals surface area contributed by atoms with Gasteiger partial charge in [-0.15, -0.1) is 0 Å². The van der Waals surface area contributed by atoms with Crippen molar-refractivity contribution in [1.82, 2.24) is 0 Å². The molecule has 1 fully saturated rings. The first-order valence-electron chi connectivity index (χ1n) is 7.13. The minimum absolute atomic E-state index is 0.587. The van der Waals surface area contributed by atoms with E-state index in [2.05, 4.69) is 34.2 Å². The molecular formula is C15H20BrNO2. The fraction of sp³-hybridized carbons (Fsp3) is 0.600. The number of anilines is 1. The number of hydrogen-bond acceptors (Lipinski definition) is 3. The number of fused-ring (bicyclic) bond motifs is 1. The highest BCUT2D eigenvalue weighted by Gasteiger charge is 2.26. The van der Waals surface area contributed by atoms with Crippen molar-refractivity contribution in [2.24, 2.45) is 5.92 Å². The maximum Gasteiger partial charge on any atom is 0.163 e. The molecule has 1 aliphatic carbocycles. The molecule has 1 heterocycles. The second-order valence-electron chi connectivity index (χ2n) is 5.33. The van der Waals surface area contributed by atoms with Gasteiger partial charge in [-0.25, -0.2) is 0 Å². The molecular weight excluding hydrogens is 306 g/mol. The standard InChI is InChI=1S/C15H20BrNO2/c1-2-10-4-3-5-12(10)17-13-9-15-14(8-11(13)16)18-6-7-19-15/h8-10,12,17H,2-7H2,1H3.